The highest BCUT2D eigenvalue weighted by molar-refractivity contribution is 5.56. The third-order valence-electron chi connectivity index (χ3n) is 2.48. The van der Waals surface area contributed by atoms with Gasteiger partial charge in [0.2, 0.25) is 0 Å². The minimum atomic E-state index is -1.79. The molecule has 124 valence electrons. The lowest BCUT2D eigenvalue weighted by Gasteiger charge is -2.22. The molecule has 0 spiro atoms. The highest BCUT2D eigenvalue weighted by Crippen LogP contribution is 2.14. The van der Waals surface area contributed by atoms with E-state index in [0.29, 0.717) is 0 Å². The normalized spacial score (nSPS) is 15.7. The van der Waals surface area contributed by atoms with Gasteiger partial charge in [0.25, 0.3) is 5.69 Å². The molecule has 22 heavy (non-hydrogen) atoms. The van der Waals surface area contributed by atoms with E-state index in [4.69, 9.17) is 30.6 Å². The van der Waals surface area contributed by atoms with E-state index in [9.17, 15) is 14.9 Å². The van der Waals surface area contributed by atoms with Gasteiger partial charge in [0.15, 0.2) is 6.29 Å². The largest absolute Gasteiger partial charge is 0.508 e. The van der Waals surface area contributed by atoms with Crippen LogP contribution in [-0.2, 0) is 4.79 Å². The molecule has 0 heterocycles. The SMILES string of the molecule is O=C[C@H](O)[C@@H](O)[C@@H](O)[C@H](O)CO.O=[N+]([O-])c1ccc(O)cc1. The minimum absolute atomic E-state index is 0.0159. The zero-order chi connectivity index (χ0) is 17.3. The number of phenolic OH excluding ortho intramolecular Hbond substituents is 1. The number of benzene rings is 1. The molecule has 0 aliphatic carbocycles. The van der Waals surface area contributed by atoms with Crippen molar-refractivity contribution in [3.8, 4) is 5.75 Å². The first kappa shape index (κ1) is 19.9. The monoisotopic (exact) mass is 319 g/mol. The van der Waals surface area contributed by atoms with E-state index in [2.05, 4.69) is 0 Å². The second-order valence-corrected chi connectivity index (χ2v) is 4.13. The summed E-state index contributed by atoms with van der Waals surface area (Å²) in [7, 11) is 0. The third kappa shape index (κ3) is 6.56. The average molecular weight is 319 g/mol. The van der Waals surface area contributed by atoms with Crippen molar-refractivity contribution < 1.29 is 40.4 Å². The molecule has 10 heteroatoms. The number of nitro groups is 1. The predicted molar refractivity (Wildman–Crippen MR) is 71.9 cm³/mol. The van der Waals surface area contributed by atoms with Gasteiger partial charge in [-0.3, -0.25) is 10.1 Å². The Bertz CT molecular complexity index is 464. The number of hydrogen-bond donors (Lipinski definition) is 6. The van der Waals surface area contributed by atoms with Crippen molar-refractivity contribution in [2.75, 3.05) is 6.61 Å². The highest BCUT2D eigenvalue weighted by Gasteiger charge is 2.29. The van der Waals surface area contributed by atoms with E-state index in [0.717, 1.165) is 0 Å². The molecule has 0 aliphatic heterocycles. The van der Waals surface area contributed by atoms with Crippen LogP contribution >= 0.6 is 0 Å². The lowest BCUT2D eigenvalue weighted by Crippen LogP contribution is -2.46. The topological polar surface area (TPSA) is 182 Å². The van der Waals surface area contributed by atoms with Gasteiger partial charge in [0.1, 0.15) is 30.2 Å². The van der Waals surface area contributed by atoms with E-state index >= 15 is 0 Å². The van der Waals surface area contributed by atoms with E-state index in [1.165, 1.54) is 24.3 Å². The molecule has 1 aromatic carbocycles. The summed E-state index contributed by atoms with van der Waals surface area (Å²) in [5, 5.41) is 62.3. The van der Waals surface area contributed by atoms with E-state index in [1.807, 2.05) is 0 Å². The maximum Gasteiger partial charge on any atom is 0.269 e. The summed E-state index contributed by atoms with van der Waals surface area (Å²) in [6.45, 7) is -0.760. The number of carbonyl (C=O) groups is 1. The summed E-state index contributed by atoms with van der Waals surface area (Å²) in [5.74, 6) is 0.0330. The van der Waals surface area contributed by atoms with Crippen LogP contribution in [0.1, 0.15) is 0 Å². The van der Waals surface area contributed by atoms with E-state index in [1.54, 1.807) is 0 Å². The number of hydrogen-bond acceptors (Lipinski definition) is 9. The summed E-state index contributed by atoms with van der Waals surface area (Å²) < 4.78 is 0. The zero-order valence-electron chi connectivity index (χ0n) is 11.3. The first-order chi connectivity index (χ1) is 10.2. The van der Waals surface area contributed by atoms with E-state index < -0.39 is 35.9 Å². The van der Waals surface area contributed by atoms with Crippen LogP contribution in [0.5, 0.6) is 5.75 Å². The Morgan fingerprint density at radius 3 is 1.95 bits per heavy atom. The molecular formula is C12H17NO9. The molecule has 6 N–H and O–H groups in total. The van der Waals surface area contributed by atoms with Crippen LogP contribution in [0.15, 0.2) is 24.3 Å². The predicted octanol–water partition coefficient (Wildman–Crippen LogP) is -2.08. The smallest absolute Gasteiger partial charge is 0.269 e. The summed E-state index contributed by atoms with van der Waals surface area (Å²) >= 11 is 0. The van der Waals surface area contributed by atoms with Gasteiger partial charge >= 0.3 is 0 Å². The second kappa shape index (κ2) is 9.76. The van der Waals surface area contributed by atoms with Gasteiger partial charge in [-0.2, -0.15) is 0 Å². The number of phenols is 1. The van der Waals surface area contributed by atoms with Crippen molar-refractivity contribution >= 4 is 12.0 Å². The number of carbonyl (C=O) groups excluding carboxylic acids is 1. The van der Waals surface area contributed by atoms with Gasteiger partial charge in [-0.15, -0.1) is 0 Å². The molecule has 0 saturated heterocycles. The molecule has 0 amide bonds. The van der Waals surface area contributed by atoms with Gasteiger partial charge in [0, 0.05) is 12.1 Å². The van der Waals surface area contributed by atoms with Gasteiger partial charge in [-0.25, -0.2) is 0 Å². The molecule has 0 unspecified atom stereocenters. The fourth-order valence-electron chi connectivity index (χ4n) is 1.19. The van der Waals surface area contributed by atoms with Crippen molar-refractivity contribution in [3.63, 3.8) is 0 Å². The van der Waals surface area contributed by atoms with Crippen molar-refractivity contribution in [2.24, 2.45) is 0 Å². The van der Waals surface area contributed by atoms with Crippen molar-refractivity contribution in [1.29, 1.82) is 0 Å². The first-order valence-corrected chi connectivity index (χ1v) is 5.96. The molecule has 0 bridgehead atoms. The molecular weight excluding hydrogens is 302 g/mol. The van der Waals surface area contributed by atoms with Gasteiger partial charge in [-0.05, 0) is 12.1 Å². The fourth-order valence-corrected chi connectivity index (χ4v) is 1.19. The third-order valence-corrected chi connectivity index (χ3v) is 2.48. The zero-order valence-corrected chi connectivity index (χ0v) is 11.3. The van der Waals surface area contributed by atoms with Crippen LogP contribution in [0.4, 0.5) is 5.69 Å². The fraction of sp³-hybridized carbons (Fsp3) is 0.417. The Balaban J connectivity index is 0.000000406. The summed E-state index contributed by atoms with van der Waals surface area (Å²) in [4.78, 5) is 19.4. The lowest BCUT2D eigenvalue weighted by molar-refractivity contribution is -0.384. The molecule has 0 saturated carbocycles. The van der Waals surface area contributed by atoms with Crippen LogP contribution in [0.25, 0.3) is 0 Å². The summed E-state index contributed by atoms with van der Waals surface area (Å²) in [6.07, 6.45) is -6.84. The Morgan fingerprint density at radius 2 is 1.59 bits per heavy atom. The van der Waals surface area contributed by atoms with Crippen molar-refractivity contribution in [2.45, 2.75) is 24.4 Å². The standard InChI is InChI=1S/C6H5NO3.C6H12O6/c8-6-3-1-5(2-4-6)7(9)10;7-1-3(9)5(11)6(12)4(10)2-8/h1-4,8H;1,3-6,8-12H,2H2/t;3-,4+,5+,6-/m.0/s1. The maximum absolute atomic E-state index is 10.0. The Hall–Kier alpha value is -2.11. The molecule has 1 aromatic rings. The number of aromatic hydroxyl groups is 1. The quantitative estimate of drug-likeness (QED) is 0.195. The van der Waals surface area contributed by atoms with Crippen LogP contribution in [0.2, 0.25) is 0 Å². The number of non-ortho nitro benzene ring substituents is 1. The van der Waals surface area contributed by atoms with E-state index in [-0.39, 0.29) is 17.7 Å². The van der Waals surface area contributed by atoms with Gasteiger partial charge in [0.05, 0.1) is 11.5 Å². The first-order valence-electron chi connectivity index (χ1n) is 5.96. The lowest BCUT2D eigenvalue weighted by atomic mass is 10.0. The number of aldehydes is 1. The molecule has 0 aromatic heterocycles. The second-order valence-electron chi connectivity index (χ2n) is 4.13. The van der Waals surface area contributed by atoms with Gasteiger partial charge in [-0.1, -0.05) is 0 Å². The number of aliphatic hydroxyl groups is 5. The molecule has 4 atom stereocenters. The number of nitrogens with zero attached hydrogens (tertiary/aromatic N) is 1. The van der Waals surface area contributed by atoms with Crippen molar-refractivity contribution in [3.05, 3.63) is 34.4 Å². The Labute approximate surface area is 124 Å². The summed E-state index contributed by atoms with van der Waals surface area (Å²) in [5.41, 5.74) is -0.0159. The number of aliphatic hydroxyl groups excluding tert-OH is 5. The highest BCUT2D eigenvalue weighted by atomic mass is 16.6. The minimum Gasteiger partial charge on any atom is -0.508 e. The van der Waals surface area contributed by atoms with Crippen LogP contribution in [-0.4, -0.2) is 72.9 Å². The Morgan fingerprint density at radius 1 is 1.09 bits per heavy atom. The molecule has 0 radical (unpaired) electrons. The number of nitro benzene ring substituents is 1. The van der Waals surface area contributed by atoms with Crippen LogP contribution < -0.4 is 0 Å². The van der Waals surface area contributed by atoms with Crippen LogP contribution in [0.3, 0.4) is 0 Å². The molecule has 0 fully saturated rings. The average Bonchev–Trinajstić information content (AvgIpc) is 2.52. The van der Waals surface area contributed by atoms with Gasteiger partial charge < -0.3 is 35.4 Å². The molecule has 0 aliphatic rings. The molecule has 1 rings (SSSR count). The molecule has 10 nitrogen and oxygen atoms in total. The number of rotatable bonds is 6. The summed E-state index contributed by atoms with van der Waals surface area (Å²) in [6, 6.07) is 5.04. The maximum atomic E-state index is 10.0. The Kier molecular flexibility index (Phi) is 8.82. The van der Waals surface area contributed by atoms with Crippen molar-refractivity contribution in [1.82, 2.24) is 0 Å². The van der Waals surface area contributed by atoms with Crippen LogP contribution in [0, 0.1) is 10.1 Å².